The molecule has 0 aliphatic carbocycles. The highest BCUT2D eigenvalue weighted by molar-refractivity contribution is 6.39. The Labute approximate surface area is 127 Å². The number of piperidine rings is 1. The van der Waals surface area contributed by atoms with Gasteiger partial charge in [0.1, 0.15) is 0 Å². The van der Waals surface area contributed by atoms with Crippen LogP contribution in [-0.4, -0.2) is 24.6 Å². The molecule has 0 saturated carbocycles. The Morgan fingerprint density at radius 1 is 1.45 bits per heavy atom. The third kappa shape index (κ3) is 3.53. The van der Waals surface area contributed by atoms with Crippen molar-refractivity contribution in [2.75, 3.05) is 25.0 Å². The van der Waals surface area contributed by atoms with E-state index < -0.39 is 4.92 Å². The molecule has 0 radical (unpaired) electrons. The number of nitro benzene ring substituents is 1. The Bertz CT molecular complexity index is 493. The first kappa shape index (κ1) is 15.4. The molecule has 1 aliphatic heterocycles. The van der Waals surface area contributed by atoms with Crippen molar-refractivity contribution in [2.24, 2.45) is 5.41 Å². The van der Waals surface area contributed by atoms with Gasteiger partial charge in [0.2, 0.25) is 0 Å². The van der Waals surface area contributed by atoms with Gasteiger partial charge in [-0.25, -0.2) is 0 Å². The average Bonchev–Trinajstić information content (AvgIpc) is 2.38. The molecule has 5 nitrogen and oxygen atoms in total. The summed E-state index contributed by atoms with van der Waals surface area (Å²) < 4.78 is 0. The van der Waals surface area contributed by atoms with E-state index in [0.29, 0.717) is 5.69 Å². The van der Waals surface area contributed by atoms with E-state index in [1.165, 1.54) is 12.1 Å². The van der Waals surface area contributed by atoms with Crippen LogP contribution in [0.4, 0.5) is 11.4 Å². The van der Waals surface area contributed by atoms with E-state index in [2.05, 4.69) is 17.6 Å². The first-order valence-electron chi connectivity index (χ1n) is 6.49. The molecule has 0 amide bonds. The Hall–Kier alpha value is -1.04. The van der Waals surface area contributed by atoms with Gasteiger partial charge in [0.15, 0.2) is 0 Å². The van der Waals surface area contributed by atoms with Crippen molar-refractivity contribution in [2.45, 2.75) is 19.8 Å². The summed E-state index contributed by atoms with van der Waals surface area (Å²) in [6.07, 6.45) is 2.26. The molecule has 1 unspecified atom stereocenters. The molecule has 1 atom stereocenters. The SMILES string of the molecule is CC1(CNc2c(Cl)cc([N+](=O)[O-])cc2Cl)CCCNC1. The Balaban J connectivity index is 2.11. The lowest BCUT2D eigenvalue weighted by Gasteiger charge is -2.34. The number of rotatable bonds is 4. The van der Waals surface area contributed by atoms with E-state index in [0.717, 1.165) is 32.5 Å². The van der Waals surface area contributed by atoms with Crippen molar-refractivity contribution >= 4 is 34.6 Å². The highest BCUT2D eigenvalue weighted by atomic mass is 35.5. The number of nitrogens with zero attached hydrogens (tertiary/aromatic N) is 1. The molecular formula is C13H17Cl2N3O2. The maximum atomic E-state index is 10.7. The van der Waals surface area contributed by atoms with Crippen molar-refractivity contribution in [1.82, 2.24) is 5.32 Å². The van der Waals surface area contributed by atoms with Crippen molar-refractivity contribution in [3.05, 3.63) is 32.3 Å². The van der Waals surface area contributed by atoms with Crippen LogP contribution in [0.25, 0.3) is 0 Å². The van der Waals surface area contributed by atoms with Gasteiger partial charge in [-0.3, -0.25) is 10.1 Å². The molecule has 0 bridgehead atoms. The molecule has 7 heteroatoms. The summed E-state index contributed by atoms with van der Waals surface area (Å²) in [5.41, 5.74) is 0.592. The van der Waals surface area contributed by atoms with Gasteiger partial charge in [-0.1, -0.05) is 30.1 Å². The van der Waals surface area contributed by atoms with E-state index in [-0.39, 0.29) is 21.1 Å². The smallest absolute Gasteiger partial charge is 0.272 e. The van der Waals surface area contributed by atoms with Gasteiger partial charge in [-0.15, -0.1) is 0 Å². The van der Waals surface area contributed by atoms with Gasteiger partial charge >= 0.3 is 0 Å². The molecule has 1 heterocycles. The number of hydrogen-bond donors (Lipinski definition) is 2. The van der Waals surface area contributed by atoms with E-state index in [1.807, 2.05) is 0 Å². The molecule has 2 rings (SSSR count). The fourth-order valence-corrected chi connectivity index (χ4v) is 3.01. The number of nitro groups is 1. The third-order valence-corrected chi connectivity index (χ3v) is 4.21. The normalized spacial score (nSPS) is 22.6. The number of benzene rings is 1. The lowest BCUT2D eigenvalue weighted by molar-refractivity contribution is -0.384. The van der Waals surface area contributed by atoms with Crippen molar-refractivity contribution in [1.29, 1.82) is 0 Å². The number of nitrogens with one attached hydrogen (secondary N) is 2. The standard InChI is InChI=1S/C13H17Cl2N3O2/c1-13(3-2-4-16-7-13)8-17-12-10(14)5-9(18(19)20)6-11(12)15/h5-6,16-17H,2-4,7-8H2,1H3. The number of halogens is 2. The summed E-state index contributed by atoms with van der Waals surface area (Å²) in [6, 6.07) is 2.63. The van der Waals surface area contributed by atoms with Gasteiger partial charge in [-0.05, 0) is 24.8 Å². The summed E-state index contributed by atoms with van der Waals surface area (Å²) in [4.78, 5) is 10.2. The molecule has 1 aromatic carbocycles. The van der Waals surface area contributed by atoms with Crippen LogP contribution in [0.3, 0.4) is 0 Å². The van der Waals surface area contributed by atoms with Crippen molar-refractivity contribution in [3.63, 3.8) is 0 Å². The predicted octanol–water partition coefficient (Wildman–Crippen LogP) is 3.70. The van der Waals surface area contributed by atoms with Crippen molar-refractivity contribution < 1.29 is 4.92 Å². The van der Waals surface area contributed by atoms with Crippen LogP contribution in [0, 0.1) is 15.5 Å². The Morgan fingerprint density at radius 3 is 2.60 bits per heavy atom. The Morgan fingerprint density at radius 2 is 2.10 bits per heavy atom. The van der Waals surface area contributed by atoms with Gasteiger partial charge in [-0.2, -0.15) is 0 Å². The van der Waals surface area contributed by atoms with Crippen LogP contribution in [0.5, 0.6) is 0 Å². The fraction of sp³-hybridized carbons (Fsp3) is 0.538. The molecule has 20 heavy (non-hydrogen) atoms. The Kier molecular flexibility index (Phi) is 4.73. The third-order valence-electron chi connectivity index (χ3n) is 3.62. The second kappa shape index (κ2) is 6.16. The highest BCUT2D eigenvalue weighted by Gasteiger charge is 2.27. The van der Waals surface area contributed by atoms with E-state index >= 15 is 0 Å². The largest absolute Gasteiger partial charge is 0.382 e. The molecule has 1 fully saturated rings. The molecule has 110 valence electrons. The molecule has 0 spiro atoms. The predicted molar refractivity (Wildman–Crippen MR) is 81.8 cm³/mol. The molecule has 0 aromatic heterocycles. The monoisotopic (exact) mass is 317 g/mol. The summed E-state index contributed by atoms with van der Waals surface area (Å²) in [5.74, 6) is 0. The highest BCUT2D eigenvalue weighted by Crippen LogP contribution is 2.36. The molecular weight excluding hydrogens is 301 g/mol. The number of non-ortho nitro benzene ring substituents is 1. The van der Waals surface area contributed by atoms with Crippen LogP contribution in [0.1, 0.15) is 19.8 Å². The van der Waals surface area contributed by atoms with Crippen LogP contribution >= 0.6 is 23.2 Å². The zero-order valence-corrected chi connectivity index (χ0v) is 12.7. The molecule has 1 aromatic rings. The average molecular weight is 318 g/mol. The van der Waals surface area contributed by atoms with Gasteiger partial charge in [0, 0.05) is 25.2 Å². The molecule has 2 N–H and O–H groups in total. The van der Waals surface area contributed by atoms with E-state index in [1.54, 1.807) is 0 Å². The topological polar surface area (TPSA) is 67.2 Å². The lowest BCUT2D eigenvalue weighted by atomic mass is 9.83. The number of anilines is 1. The fourth-order valence-electron chi connectivity index (χ4n) is 2.41. The second-order valence-electron chi connectivity index (χ2n) is 5.49. The minimum Gasteiger partial charge on any atom is -0.382 e. The van der Waals surface area contributed by atoms with Gasteiger partial charge < -0.3 is 10.6 Å². The van der Waals surface area contributed by atoms with Gasteiger partial charge in [0.05, 0.1) is 20.7 Å². The van der Waals surface area contributed by atoms with Crippen LogP contribution < -0.4 is 10.6 Å². The maximum absolute atomic E-state index is 10.7. The quantitative estimate of drug-likeness (QED) is 0.656. The zero-order valence-electron chi connectivity index (χ0n) is 11.2. The van der Waals surface area contributed by atoms with Crippen molar-refractivity contribution in [3.8, 4) is 0 Å². The molecule has 1 aliphatic rings. The second-order valence-corrected chi connectivity index (χ2v) is 6.30. The summed E-state index contributed by atoms with van der Waals surface area (Å²) in [7, 11) is 0. The molecule has 1 saturated heterocycles. The minimum atomic E-state index is -0.506. The summed E-state index contributed by atoms with van der Waals surface area (Å²) in [6.45, 7) is 4.90. The van der Waals surface area contributed by atoms with Crippen LogP contribution in [0.2, 0.25) is 10.0 Å². The van der Waals surface area contributed by atoms with E-state index in [4.69, 9.17) is 23.2 Å². The lowest BCUT2D eigenvalue weighted by Crippen LogP contribution is -2.42. The minimum absolute atomic E-state index is 0.101. The first-order chi connectivity index (χ1) is 9.41. The zero-order chi connectivity index (χ0) is 14.8. The number of hydrogen-bond acceptors (Lipinski definition) is 4. The first-order valence-corrected chi connectivity index (χ1v) is 7.25. The van der Waals surface area contributed by atoms with Crippen LogP contribution in [-0.2, 0) is 0 Å². The van der Waals surface area contributed by atoms with Crippen LogP contribution in [0.15, 0.2) is 12.1 Å². The van der Waals surface area contributed by atoms with E-state index in [9.17, 15) is 10.1 Å². The maximum Gasteiger partial charge on any atom is 0.272 e. The summed E-state index contributed by atoms with van der Waals surface area (Å²) >= 11 is 12.1. The van der Waals surface area contributed by atoms with Gasteiger partial charge in [0.25, 0.3) is 5.69 Å². The summed E-state index contributed by atoms with van der Waals surface area (Å²) in [5, 5.41) is 17.9.